The third-order valence-electron chi connectivity index (χ3n) is 3.64. The third kappa shape index (κ3) is 3.01. The molecule has 0 aromatic heterocycles. The van der Waals surface area contributed by atoms with E-state index in [1.807, 2.05) is 0 Å². The van der Waals surface area contributed by atoms with Crippen LogP contribution in [-0.4, -0.2) is 12.6 Å². The highest BCUT2D eigenvalue weighted by atomic mass is 14.9. The maximum absolute atomic E-state index is 3.68. The van der Waals surface area contributed by atoms with Gasteiger partial charge >= 0.3 is 0 Å². The van der Waals surface area contributed by atoms with Gasteiger partial charge in [0, 0.05) is 24.8 Å². The fraction of sp³-hybridized carbons (Fsp3) is 0.600. The van der Waals surface area contributed by atoms with Crippen molar-refractivity contribution in [2.24, 2.45) is 0 Å². The summed E-state index contributed by atoms with van der Waals surface area (Å²) < 4.78 is 0. The van der Waals surface area contributed by atoms with Gasteiger partial charge in [0.1, 0.15) is 0 Å². The van der Waals surface area contributed by atoms with E-state index in [2.05, 4.69) is 42.7 Å². The molecular formula is C15H24N2. The summed E-state index contributed by atoms with van der Waals surface area (Å²) in [6.45, 7) is 6.61. The van der Waals surface area contributed by atoms with Gasteiger partial charge in [-0.1, -0.05) is 38.5 Å². The van der Waals surface area contributed by atoms with Crippen molar-refractivity contribution in [3.8, 4) is 0 Å². The van der Waals surface area contributed by atoms with Crippen LogP contribution in [0.25, 0.3) is 0 Å². The minimum atomic E-state index is 0.664. The van der Waals surface area contributed by atoms with Crippen LogP contribution < -0.4 is 10.6 Å². The first kappa shape index (κ1) is 12.4. The zero-order valence-electron chi connectivity index (χ0n) is 11.1. The van der Waals surface area contributed by atoms with Gasteiger partial charge < -0.3 is 10.6 Å². The molecule has 1 heterocycles. The lowest BCUT2D eigenvalue weighted by Crippen LogP contribution is -2.27. The molecule has 1 atom stereocenters. The molecule has 2 heteroatoms. The highest BCUT2D eigenvalue weighted by Crippen LogP contribution is 2.26. The third-order valence-corrected chi connectivity index (χ3v) is 3.64. The lowest BCUT2D eigenvalue weighted by Gasteiger charge is -2.17. The lowest BCUT2D eigenvalue weighted by molar-refractivity contribution is 0.463. The number of fused-ring (bicyclic) bond motifs is 1. The highest BCUT2D eigenvalue weighted by Gasteiger charge is 2.14. The molecule has 0 amide bonds. The van der Waals surface area contributed by atoms with Gasteiger partial charge in [0.15, 0.2) is 0 Å². The van der Waals surface area contributed by atoms with Crippen LogP contribution in [-0.2, 0) is 13.0 Å². The zero-order chi connectivity index (χ0) is 12.1. The summed E-state index contributed by atoms with van der Waals surface area (Å²) in [7, 11) is 0. The van der Waals surface area contributed by atoms with Crippen molar-refractivity contribution >= 4 is 5.69 Å². The van der Waals surface area contributed by atoms with E-state index in [9.17, 15) is 0 Å². The Bertz CT molecular complexity index is 360. The van der Waals surface area contributed by atoms with Gasteiger partial charge in [-0.15, -0.1) is 0 Å². The molecule has 1 unspecified atom stereocenters. The smallest absolute Gasteiger partial charge is 0.0419 e. The zero-order valence-corrected chi connectivity index (χ0v) is 11.1. The Hall–Kier alpha value is -1.02. The number of hydrogen-bond acceptors (Lipinski definition) is 2. The lowest BCUT2D eigenvalue weighted by atomic mass is 10.1. The van der Waals surface area contributed by atoms with Crippen LogP contribution in [0.2, 0.25) is 0 Å². The van der Waals surface area contributed by atoms with Crippen LogP contribution in [0.15, 0.2) is 18.2 Å². The Labute approximate surface area is 105 Å². The number of nitrogens with one attached hydrogen (secondary N) is 2. The Morgan fingerprint density at radius 3 is 3.00 bits per heavy atom. The minimum Gasteiger partial charge on any atom is -0.384 e. The minimum absolute atomic E-state index is 0.664. The molecule has 0 saturated carbocycles. The van der Waals surface area contributed by atoms with Gasteiger partial charge in [-0.2, -0.15) is 0 Å². The molecule has 0 bridgehead atoms. The Morgan fingerprint density at radius 2 is 2.24 bits per heavy atom. The van der Waals surface area contributed by atoms with Crippen molar-refractivity contribution in [2.75, 3.05) is 11.9 Å². The normalized spacial score (nSPS) is 15.4. The molecule has 0 fully saturated rings. The molecule has 1 aromatic rings. The van der Waals surface area contributed by atoms with Gasteiger partial charge in [0.2, 0.25) is 0 Å². The van der Waals surface area contributed by atoms with Crippen molar-refractivity contribution in [3.63, 3.8) is 0 Å². The molecule has 1 aliphatic rings. The Balaban J connectivity index is 1.97. The van der Waals surface area contributed by atoms with Crippen molar-refractivity contribution in [2.45, 2.75) is 52.1 Å². The molecule has 0 radical (unpaired) electrons. The quantitative estimate of drug-likeness (QED) is 0.786. The van der Waals surface area contributed by atoms with E-state index < -0.39 is 0 Å². The van der Waals surface area contributed by atoms with Crippen molar-refractivity contribution in [3.05, 3.63) is 29.3 Å². The first-order valence-electron chi connectivity index (χ1n) is 6.93. The van der Waals surface area contributed by atoms with Crippen LogP contribution in [0.4, 0.5) is 5.69 Å². The average molecular weight is 232 g/mol. The second kappa shape index (κ2) is 6.06. The largest absolute Gasteiger partial charge is 0.384 e. The molecular weight excluding hydrogens is 208 g/mol. The molecule has 2 nitrogen and oxygen atoms in total. The van der Waals surface area contributed by atoms with Crippen molar-refractivity contribution < 1.29 is 0 Å². The second-order valence-electron chi connectivity index (χ2n) is 4.90. The molecule has 94 valence electrons. The van der Waals surface area contributed by atoms with E-state index >= 15 is 0 Å². The van der Waals surface area contributed by atoms with Crippen LogP contribution in [0, 0.1) is 0 Å². The number of hydrogen-bond donors (Lipinski definition) is 2. The topological polar surface area (TPSA) is 24.1 Å². The Kier molecular flexibility index (Phi) is 4.43. The monoisotopic (exact) mass is 232 g/mol. The SMILES string of the molecule is CCCC(CC)NCc1cccc2c1NCC2. The maximum Gasteiger partial charge on any atom is 0.0419 e. The van der Waals surface area contributed by atoms with Crippen LogP contribution in [0.3, 0.4) is 0 Å². The molecule has 1 aliphatic heterocycles. The average Bonchev–Trinajstić information content (AvgIpc) is 2.83. The van der Waals surface area contributed by atoms with Gasteiger partial charge in [-0.25, -0.2) is 0 Å². The number of benzene rings is 1. The number of anilines is 1. The summed E-state index contributed by atoms with van der Waals surface area (Å²) in [5.74, 6) is 0. The molecule has 0 saturated heterocycles. The van der Waals surface area contributed by atoms with Gasteiger partial charge in [0.25, 0.3) is 0 Å². The van der Waals surface area contributed by atoms with Crippen LogP contribution >= 0.6 is 0 Å². The van der Waals surface area contributed by atoms with E-state index in [1.165, 1.54) is 42.5 Å². The summed E-state index contributed by atoms with van der Waals surface area (Å²) in [5, 5.41) is 7.18. The number of rotatable bonds is 6. The molecule has 2 rings (SSSR count). The first-order valence-corrected chi connectivity index (χ1v) is 6.93. The van der Waals surface area contributed by atoms with Crippen molar-refractivity contribution in [1.29, 1.82) is 0 Å². The van der Waals surface area contributed by atoms with Gasteiger partial charge in [0.05, 0.1) is 0 Å². The predicted octanol–water partition coefficient (Wildman–Crippen LogP) is 3.32. The molecule has 2 N–H and O–H groups in total. The van der Waals surface area contributed by atoms with Gasteiger partial charge in [-0.3, -0.25) is 0 Å². The predicted molar refractivity (Wildman–Crippen MR) is 74.5 cm³/mol. The maximum atomic E-state index is 3.68. The van der Waals surface area contributed by atoms with Crippen LogP contribution in [0.1, 0.15) is 44.2 Å². The van der Waals surface area contributed by atoms with E-state index in [4.69, 9.17) is 0 Å². The van der Waals surface area contributed by atoms with E-state index in [1.54, 1.807) is 0 Å². The standard InChI is InChI=1S/C15H24N2/c1-3-6-14(4-2)17-11-13-8-5-7-12-9-10-16-15(12)13/h5,7-8,14,16-17H,3-4,6,9-11H2,1-2H3. The first-order chi connectivity index (χ1) is 8.35. The Morgan fingerprint density at radius 1 is 1.35 bits per heavy atom. The van der Waals surface area contributed by atoms with E-state index in [0.29, 0.717) is 6.04 Å². The summed E-state index contributed by atoms with van der Waals surface area (Å²) >= 11 is 0. The summed E-state index contributed by atoms with van der Waals surface area (Å²) in [6.07, 6.45) is 4.93. The number of para-hydroxylation sites is 1. The van der Waals surface area contributed by atoms with E-state index in [-0.39, 0.29) is 0 Å². The van der Waals surface area contributed by atoms with E-state index in [0.717, 1.165) is 13.1 Å². The van der Waals surface area contributed by atoms with Gasteiger partial charge in [-0.05, 0) is 30.4 Å². The van der Waals surface area contributed by atoms with Crippen molar-refractivity contribution in [1.82, 2.24) is 5.32 Å². The molecule has 0 spiro atoms. The molecule has 1 aromatic carbocycles. The van der Waals surface area contributed by atoms with Crippen LogP contribution in [0.5, 0.6) is 0 Å². The fourth-order valence-electron chi connectivity index (χ4n) is 2.61. The highest BCUT2D eigenvalue weighted by molar-refractivity contribution is 5.61. The summed E-state index contributed by atoms with van der Waals surface area (Å²) in [4.78, 5) is 0. The fourth-order valence-corrected chi connectivity index (χ4v) is 2.61. The summed E-state index contributed by atoms with van der Waals surface area (Å²) in [6, 6.07) is 7.33. The second-order valence-corrected chi connectivity index (χ2v) is 4.90. The summed E-state index contributed by atoms with van der Waals surface area (Å²) in [5.41, 5.74) is 4.29. The molecule has 0 aliphatic carbocycles. The molecule has 17 heavy (non-hydrogen) atoms.